The van der Waals surface area contributed by atoms with E-state index in [1.54, 1.807) is 0 Å². The van der Waals surface area contributed by atoms with Gasteiger partial charge in [-0.2, -0.15) is 13.2 Å². The zero-order valence-corrected chi connectivity index (χ0v) is 8.58. The number of carbonyl (C=O) groups is 1. The fourth-order valence-electron chi connectivity index (χ4n) is 1.15. The summed E-state index contributed by atoms with van der Waals surface area (Å²) < 4.78 is 36.7. The highest BCUT2D eigenvalue weighted by Gasteiger charge is 2.30. The van der Waals surface area contributed by atoms with Crippen molar-refractivity contribution in [1.29, 1.82) is 0 Å². The number of nitrogens with zero attached hydrogens (tertiary/aromatic N) is 1. The van der Waals surface area contributed by atoms with Gasteiger partial charge in [0.2, 0.25) is 5.91 Å². The van der Waals surface area contributed by atoms with E-state index in [4.69, 9.17) is 5.73 Å². The molecule has 6 heteroatoms. The summed E-state index contributed by atoms with van der Waals surface area (Å²) in [6.45, 7) is -0.183. The van der Waals surface area contributed by atoms with E-state index in [0.29, 0.717) is 5.69 Å². The average molecular weight is 232 g/mol. The molecular weight excluding hydrogens is 221 g/mol. The fourth-order valence-corrected chi connectivity index (χ4v) is 1.15. The molecule has 0 bridgehead atoms. The van der Waals surface area contributed by atoms with Gasteiger partial charge in [0.15, 0.2) is 0 Å². The lowest BCUT2D eigenvalue weighted by Gasteiger charge is -2.17. The van der Waals surface area contributed by atoms with Crippen LogP contribution in [0, 0.1) is 0 Å². The molecule has 0 aromatic heterocycles. The second kappa shape index (κ2) is 4.52. The minimum Gasteiger partial charge on any atom is -0.322 e. The summed E-state index contributed by atoms with van der Waals surface area (Å²) in [5.41, 5.74) is 4.77. The first kappa shape index (κ1) is 12.5. The van der Waals surface area contributed by atoms with E-state index in [1.165, 1.54) is 24.1 Å². The van der Waals surface area contributed by atoms with Gasteiger partial charge in [-0.05, 0) is 24.3 Å². The second-order valence-electron chi connectivity index (χ2n) is 3.20. The van der Waals surface area contributed by atoms with Gasteiger partial charge in [0.25, 0.3) is 0 Å². The molecule has 1 aromatic carbocycles. The van der Waals surface area contributed by atoms with E-state index < -0.39 is 11.7 Å². The van der Waals surface area contributed by atoms with Crippen molar-refractivity contribution in [2.24, 2.45) is 5.73 Å². The molecule has 2 N–H and O–H groups in total. The first-order valence-corrected chi connectivity index (χ1v) is 4.50. The largest absolute Gasteiger partial charge is 0.416 e. The average Bonchev–Trinajstić information content (AvgIpc) is 2.26. The molecule has 0 spiro atoms. The molecule has 88 valence electrons. The topological polar surface area (TPSA) is 46.3 Å². The van der Waals surface area contributed by atoms with Gasteiger partial charge in [-0.25, -0.2) is 0 Å². The number of anilines is 1. The highest BCUT2D eigenvalue weighted by molar-refractivity contribution is 5.94. The number of nitrogens with two attached hydrogens (primary N) is 1. The lowest BCUT2D eigenvalue weighted by Crippen LogP contribution is -2.32. The monoisotopic (exact) mass is 232 g/mol. The highest BCUT2D eigenvalue weighted by Crippen LogP contribution is 2.30. The minimum atomic E-state index is -4.37. The Labute approximate surface area is 90.6 Å². The maximum Gasteiger partial charge on any atom is 0.416 e. The number of likely N-dealkylation sites (N-methyl/N-ethyl adjacent to an activating group) is 1. The Balaban J connectivity index is 2.91. The van der Waals surface area contributed by atoms with Gasteiger partial charge >= 0.3 is 6.18 Å². The van der Waals surface area contributed by atoms with Crippen molar-refractivity contribution in [3.63, 3.8) is 0 Å². The number of benzene rings is 1. The van der Waals surface area contributed by atoms with Crippen molar-refractivity contribution in [2.45, 2.75) is 6.18 Å². The Hall–Kier alpha value is -1.56. The van der Waals surface area contributed by atoms with E-state index in [9.17, 15) is 18.0 Å². The van der Waals surface area contributed by atoms with Crippen LogP contribution in [0.4, 0.5) is 18.9 Å². The van der Waals surface area contributed by atoms with Crippen LogP contribution in [-0.4, -0.2) is 19.5 Å². The van der Waals surface area contributed by atoms with E-state index in [-0.39, 0.29) is 12.5 Å². The van der Waals surface area contributed by atoms with E-state index >= 15 is 0 Å². The number of hydrogen-bond acceptors (Lipinski definition) is 2. The maximum absolute atomic E-state index is 12.2. The summed E-state index contributed by atoms with van der Waals surface area (Å²) in [7, 11) is 1.46. The Morgan fingerprint density at radius 3 is 2.19 bits per heavy atom. The van der Waals surface area contributed by atoms with Crippen LogP contribution >= 0.6 is 0 Å². The van der Waals surface area contributed by atoms with Crippen LogP contribution in [0.25, 0.3) is 0 Å². The molecule has 0 heterocycles. The quantitative estimate of drug-likeness (QED) is 0.842. The van der Waals surface area contributed by atoms with E-state index in [2.05, 4.69) is 0 Å². The first-order chi connectivity index (χ1) is 7.36. The van der Waals surface area contributed by atoms with E-state index in [0.717, 1.165) is 12.1 Å². The SMILES string of the molecule is CN(C(=O)CN)c1ccc(C(F)(F)F)cc1. The highest BCUT2D eigenvalue weighted by atomic mass is 19.4. The van der Waals surface area contributed by atoms with Crippen LogP contribution in [0.15, 0.2) is 24.3 Å². The normalized spacial score (nSPS) is 11.3. The van der Waals surface area contributed by atoms with Crippen LogP contribution in [0.1, 0.15) is 5.56 Å². The number of halogens is 3. The Morgan fingerprint density at radius 2 is 1.81 bits per heavy atom. The molecule has 0 unspecified atom stereocenters. The summed E-state index contributed by atoms with van der Waals surface area (Å²) in [6, 6.07) is 4.32. The van der Waals surface area contributed by atoms with Crippen LogP contribution in [0.5, 0.6) is 0 Å². The Kier molecular flexibility index (Phi) is 3.54. The Morgan fingerprint density at radius 1 is 1.31 bits per heavy atom. The van der Waals surface area contributed by atoms with Gasteiger partial charge in [-0.1, -0.05) is 0 Å². The summed E-state index contributed by atoms with van der Waals surface area (Å²) in [5, 5.41) is 0. The van der Waals surface area contributed by atoms with Crippen molar-refractivity contribution in [2.75, 3.05) is 18.5 Å². The standard InChI is InChI=1S/C10H11F3N2O/c1-15(9(16)6-14)8-4-2-7(3-5-8)10(11,12)13/h2-5H,6,14H2,1H3. The molecule has 0 atom stereocenters. The molecule has 1 aromatic rings. The number of amides is 1. The minimum absolute atomic E-state index is 0.183. The molecule has 0 aliphatic rings. The molecule has 0 aliphatic heterocycles. The lowest BCUT2D eigenvalue weighted by atomic mass is 10.2. The predicted molar refractivity (Wildman–Crippen MR) is 53.9 cm³/mol. The number of carbonyl (C=O) groups excluding carboxylic acids is 1. The van der Waals surface area contributed by atoms with Crippen LogP contribution in [0.3, 0.4) is 0 Å². The van der Waals surface area contributed by atoms with Crippen molar-refractivity contribution >= 4 is 11.6 Å². The molecule has 0 radical (unpaired) electrons. The van der Waals surface area contributed by atoms with E-state index in [1.807, 2.05) is 0 Å². The second-order valence-corrected chi connectivity index (χ2v) is 3.20. The summed E-state index contributed by atoms with van der Waals surface area (Å²) in [4.78, 5) is 12.4. The third kappa shape index (κ3) is 2.73. The summed E-state index contributed by atoms with van der Waals surface area (Å²) in [5.74, 6) is -0.361. The first-order valence-electron chi connectivity index (χ1n) is 4.50. The molecule has 0 saturated carbocycles. The van der Waals surface area contributed by atoms with Gasteiger partial charge in [-0.15, -0.1) is 0 Å². The van der Waals surface area contributed by atoms with Crippen LogP contribution in [-0.2, 0) is 11.0 Å². The third-order valence-electron chi connectivity index (χ3n) is 2.13. The zero-order valence-electron chi connectivity index (χ0n) is 8.58. The lowest BCUT2D eigenvalue weighted by molar-refractivity contribution is -0.137. The predicted octanol–water partition coefficient (Wildman–Crippen LogP) is 1.63. The molecule has 0 saturated heterocycles. The number of rotatable bonds is 2. The van der Waals surface area contributed by atoms with Gasteiger partial charge in [0, 0.05) is 12.7 Å². The molecule has 16 heavy (non-hydrogen) atoms. The van der Waals surface area contributed by atoms with Gasteiger partial charge in [0.05, 0.1) is 12.1 Å². The van der Waals surface area contributed by atoms with Crippen molar-refractivity contribution in [3.05, 3.63) is 29.8 Å². The molecular formula is C10H11F3N2O. The molecule has 3 nitrogen and oxygen atoms in total. The van der Waals surface area contributed by atoms with Crippen molar-refractivity contribution in [3.8, 4) is 0 Å². The maximum atomic E-state index is 12.2. The molecule has 0 aliphatic carbocycles. The van der Waals surface area contributed by atoms with Crippen LogP contribution in [0.2, 0.25) is 0 Å². The van der Waals surface area contributed by atoms with Crippen molar-refractivity contribution in [1.82, 2.24) is 0 Å². The fraction of sp³-hybridized carbons (Fsp3) is 0.300. The van der Waals surface area contributed by atoms with Crippen molar-refractivity contribution < 1.29 is 18.0 Å². The van der Waals surface area contributed by atoms with Gasteiger partial charge < -0.3 is 10.6 Å². The molecule has 0 fully saturated rings. The van der Waals surface area contributed by atoms with Crippen LogP contribution < -0.4 is 10.6 Å². The summed E-state index contributed by atoms with van der Waals surface area (Å²) >= 11 is 0. The number of hydrogen-bond donors (Lipinski definition) is 1. The number of alkyl halides is 3. The van der Waals surface area contributed by atoms with Gasteiger partial charge in [-0.3, -0.25) is 4.79 Å². The summed E-state index contributed by atoms with van der Waals surface area (Å²) in [6.07, 6.45) is -4.37. The smallest absolute Gasteiger partial charge is 0.322 e. The molecule has 1 amide bonds. The zero-order chi connectivity index (χ0) is 12.3. The Bertz CT molecular complexity index is 373. The third-order valence-corrected chi connectivity index (χ3v) is 2.13. The molecule has 1 rings (SSSR count). The van der Waals surface area contributed by atoms with Gasteiger partial charge in [0.1, 0.15) is 0 Å².